The van der Waals surface area contributed by atoms with E-state index in [1.807, 2.05) is 26.8 Å². The molecule has 1 aliphatic heterocycles. The van der Waals surface area contributed by atoms with Crippen molar-refractivity contribution in [2.45, 2.75) is 52.5 Å². The number of hydrogen-bond donors (Lipinski definition) is 0. The summed E-state index contributed by atoms with van der Waals surface area (Å²) in [5.74, 6) is -0.272. The Morgan fingerprint density at radius 3 is 2.25 bits per heavy atom. The van der Waals surface area contributed by atoms with Crippen LogP contribution in [0.5, 0.6) is 0 Å². The van der Waals surface area contributed by atoms with Gasteiger partial charge in [0, 0.05) is 12.8 Å². The molecule has 88 valence electrons. The molecule has 4 heteroatoms. The Morgan fingerprint density at radius 2 is 1.88 bits per heavy atom. The Balaban J connectivity index is 2.86. The van der Waals surface area contributed by atoms with Crippen molar-refractivity contribution in [1.29, 1.82) is 5.26 Å². The summed E-state index contributed by atoms with van der Waals surface area (Å²) in [6, 6.07) is 1.78. The molecule has 2 amide bonds. The van der Waals surface area contributed by atoms with Crippen molar-refractivity contribution in [2.75, 3.05) is 0 Å². The number of nitriles is 1. The maximum absolute atomic E-state index is 11.9. The lowest BCUT2D eigenvalue weighted by atomic mass is 9.81. The zero-order valence-corrected chi connectivity index (χ0v) is 10.1. The molecule has 0 aromatic rings. The molecule has 1 aliphatic rings. The number of likely N-dealkylation sites (tertiary alicyclic amines) is 1. The third-order valence-corrected chi connectivity index (χ3v) is 2.96. The normalized spacial score (nSPS) is 21.8. The fraction of sp³-hybridized carbons (Fsp3) is 0.750. The van der Waals surface area contributed by atoms with Crippen LogP contribution in [0.3, 0.4) is 0 Å². The molecule has 0 N–H and O–H groups in total. The van der Waals surface area contributed by atoms with Crippen LogP contribution in [0.15, 0.2) is 0 Å². The number of carbonyl (C=O) groups excluding carboxylic acids is 2. The highest BCUT2D eigenvalue weighted by Gasteiger charge is 2.39. The Labute approximate surface area is 96.2 Å². The molecular weight excluding hydrogens is 204 g/mol. The summed E-state index contributed by atoms with van der Waals surface area (Å²) in [4.78, 5) is 25.1. The molecule has 1 atom stereocenters. The summed E-state index contributed by atoms with van der Waals surface area (Å²) < 4.78 is 0. The molecule has 0 saturated carbocycles. The first-order chi connectivity index (χ1) is 7.41. The number of hydrogen-bond acceptors (Lipinski definition) is 3. The molecule has 1 saturated heterocycles. The van der Waals surface area contributed by atoms with Gasteiger partial charge in [0.2, 0.25) is 11.8 Å². The van der Waals surface area contributed by atoms with Gasteiger partial charge in [0.05, 0.1) is 18.5 Å². The van der Waals surface area contributed by atoms with Crippen LogP contribution >= 0.6 is 0 Å². The summed E-state index contributed by atoms with van der Waals surface area (Å²) in [5, 5.41) is 8.67. The molecule has 1 unspecified atom stereocenters. The molecular formula is C12H18N2O2. The number of rotatable bonds is 3. The van der Waals surface area contributed by atoms with Gasteiger partial charge in [0.1, 0.15) is 0 Å². The van der Waals surface area contributed by atoms with Gasteiger partial charge in [0.25, 0.3) is 0 Å². The van der Waals surface area contributed by atoms with E-state index in [2.05, 4.69) is 0 Å². The zero-order valence-electron chi connectivity index (χ0n) is 10.1. The van der Waals surface area contributed by atoms with Gasteiger partial charge in [0.15, 0.2) is 0 Å². The smallest absolute Gasteiger partial charge is 0.230 e. The predicted molar refractivity (Wildman–Crippen MR) is 59.2 cm³/mol. The second-order valence-electron chi connectivity index (χ2n) is 5.10. The quantitative estimate of drug-likeness (QED) is 0.685. The fourth-order valence-corrected chi connectivity index (χ4v) is 2.12. The molecule has 0 radical (unpaired) electrons. The maximum Gasteiger partial charge on any atom is 0.230 e. The lowest BCUT2D eigenvalue weighted by molar-refractivity contribution is -0.155. The Morgan fingerprint density at radius 1 is 1.38 bits per heavy atom. The third-order valence-electron chi connectivity index (χ3n) is 2.96. The van der Waals surface area contributed by atoms with E-state index in [0.717, 1.165) is 0 Å². The van der Waals surface area contributed by atoms with Crippen molar-refractivity contribution in [3.63, 3.8) is 0 Å². The van der Waals surface area contributed by atoms with E-state index in [1.165, 1.54) is 4.90 Å². The van der Waals surface area contributed by atoms with Gasteiger partial charge in [-0.3, -0.25) is 14.5 Å². The highest BCUT2D eigenvalue weighted by atomic mass is 16.2. The van der Waals surface area contributed by atoms with Crippen LogP contribution in [0.4, 0.5) is 0 Å². The van der Waals surface area contributed by atoms with Crippen molar-refractivity contribution < 1.29 is 9.59 Å². The summed E-state index contributed by atoms with van der Waals surface area (Å²) in [5.41, 5.74) is -0.240. The minimum absolute atomic E-state index is 0.136. The van der Waals surface area contributed by atoms with Gasteiger partial charge in [-0.15, -0.1) is 0 Å². The van der Waals surface area contributed by atoms with Crippen molar-refractivity contribution in [3.8, 4) is 6.07 Å². The second-order valence-corrected chi connectivity index (χ2v) is 5.10. The summed E-state index contributed by atoms with van der Waals surface area (Å²) in [7, 11) is 0. The summed E-state index contributed by atoms with van der Waals surface area (Å²) in [6.07, 6.45) is 1.65. The largest absolute Gasteiger partial charge is 0.278 e. The topological polar surface area (TPSA) is 61.2 Å². The molecule has 1 heterocycles. The highest BCUT2D eigenvalue weighted by Crippen LogP contribution is 2.33. The third kappa shape index (κ3) is 2.60. The van der Waals surface area contributed by atoms with Crippen LogP contribution in [-0.2, 0) is 9.59 Å². The van der Waals surface area contributed by atoms with E-state index in [1.54, 1.807) is 0 Å². The number of amides is 2. The van der Waals surface area contributed by atoms with Crippen LogP contribution in [0.25, 0.3) is 0 Å². The standard InChI is InChI=1S/C12H18N2O2/c1-4-9(5-6-13)14-10(15)7-12(2,3)8-11(14)16/h9H,4-5,7-8H2,1-3H3. The van der Waals surface area contributed by atoms with Crippen LogP contribution in [-0.4, -0.2) is 22.8 Å². The lowest BCUT2D eigenvalue weighted by Gasteiger charge is -2.38. The van der Waals surface area contributed by atoms with E-state index in [4.69, 9.17) is 5.26 Å². The monoisotopic (exact) mass is 222 g/mol. The second kappa shape index (κ2) is 4.65. The average molecular weight is 222 g/mol. The zero-order chi connectivity index (χ0) is 12.3. The summed E-state index contributed by atoms with van der Waals surface area (Å²) >= 11 is 0. The first-order valence-electron chi connectivity index (χ1n) is 5.63. The van der Waals surface area contributed by atoms with Crippen LogP contribution in [0, 0.1) is 16.7 Å². The highest BCUT2D eigenvalue weighted by molar-refractivity contribution is 5.98. The molecule has 0 aromatic heterocycles. The fourth-order valence-electron chi connectivity index (χ4n) is 2.12. The number of nitrogens with zero attached hydrogens (tertiary/aromatic N) is 2. The van der Waals surface area contributed by atoms with E-state index in [9.17, 15) is 9.59 Å². The lowest BCUT2D eigenvalue weighted by Crippen LogP contribution is -2.50. The molecule has 4 nitrogen and oxygen atoms in total. The van der Waals surface area contributed by atoms with Gasteiger partial charge in [-0.2, -0.15) is 5.26 Å². The molecule has 1 fully saturated rings. The van der Waals surface area contributed by atoms with Gasteiger partial charge in [-0.25, -0.2) is 0 Å². The Kier molecular flexibility index (Phi) is 3.69. The Hall–Kier alpha value is -1.37. The SMILES string of the molecule is CCC(CC#N)N1C(=O)CC(C)(C)CC1=O. The summed E-state index contributed by atoms with van der Waals surface area (Å²) in [6.45, 7) is 5.74. The molecule has 0 bridgehead atoms. The number of piperidine rings is 1. The first kappa shape index (κ1) is 12.7. The van der Waals surface area contributed by atoms with Gasteiger partial charge in [-0.05, 0) is 11.8 Å². The van der Waals surface area contributed by atoms with Crippen LogP contribution in [0.2, 0.25) is 0 Å². The maximum atomic E-state index is 11.9. The molecule has 1 rings (SSSR count). The first-order valence-corrected chi connectivity index (χ1v) is 5.63. The molecule has 0 spiro atoms. The van der Waals surface area contributed by atoms with E-state index in [-0.39, 0.29) is 29.7 Å². The number of carbonyl (C=O) groups is 2. The van der Waals surface area contributed by atoms with Crippen LogP contribution < -0.4 is 0 Å². The molecule has 0 aromatic carbocycles. The number of imide groups is 1. The molecule has 0 aliphatic carbocycles. The average Bonchev–Trinajstić information content (AvgIpc) is 2.13. The van der Waals surface area contributed by atoms with Crippen molar-refractivity contribution in [2.24, 2.45) is 5.41 Å². The van der Waals surface area contributed by atoms with E-state index in [0.29, 0.717) is 19.3 Å². The van der Waals surface area contributed by atoms with Crippen molar-refractivity contribution in [3.05, 3.63) is 0 Å². The van der Waals surface area contributed by atoms with Crippen LogP contribution in [0.1, 0.15) is 46.5 Å². The minimum Gasteiger partial charge on any atom is -0.278 e. The van der Waals surface area contributed by atoms with E-state index < -0.39 is 0 Å². The Bertz CT molecular complexity index is 321. The van der Waals surface area contributed by atoms with Gasteiger partial charge < -0.3 is 0 Å². The molecule has 16 heavy (non-hydrogen) atoms. The van der Waals surface area contributed by atoms with Crippen molar-refractivity contribution >= 4 is 11.8 Å². The van der Waals surface area contributed by atoms with Crippen molar-refractivity contribution in [1.82, 2.24) is 4.90 Å². The minimum atomic E-state index is -0.249. The predicted octanol–water partition coefficient (Wildman–Crippen LogP) is 1.85. The van der Waals surface area contributed by atoms with E-state index >= 15 is 0 Å². The van der Waals surface area contributed by atoms with Gasteiger partial charge in [-0.1, -0.05) is 20.8 Å². The van der Waals surface area contributed by atoms with Gasteiger partial charge >= 0.3 is 0 Å².